The van der Waals surface area contributed by atoms with Crippen LogP contribution in [0.3, 0.4) is 0 Å². The molecule has 0 unspecified atom stereocenters. The number of nitrogen functional groups attached to an aromatic ring is 1. The Morgan fingerprint density at radius 2 is 1.85 bits per heavy atom. The van der Waals surface area contributed by atoms with Gasteiger partial charge in [0.05, 0.1) is 5.56 Å². The number of amides is 1. The van der Waals surface area contributed by atoms with Crippen molar-refractivity contribution in [2.45, 2.75) is 13.2 Å². The van der Waals surface area contributed by atoms with Gasteiger partial charge >= 0.3 is 12.6 Å². The Morgan fingerprint density at radius 1 is 1.19 bits per heavy atom. The first kappa shape index (κ1) is 20.4. The zero-order valence-electron chi connectivity index (χ0n) is 14.3. The molecule has 0 aliphatic carbocycles. The lowest BCUT2D eigenvalue weighted by atomic mass is 10.2. The second-order valence-corrected chi connectivity index (χ2v) is 6.02. The summed E-state index contributed by atoms with van der Waals surface area (Å²) < 4.78 is 33.5. The number of nitrogens with two attached hydrogens (primary N) is 1. The Bertz CT molecular complexity index is 816. The molecule has 27 heavy (non-hydrogen) atoms. The molecule has 0 saturated carbocycles. The van der Waals surface area contributed by atoms with Crippen molar-refractivity contribution in [1.82, 2.24) is 4.90 Å². The maximum Gasteiger partial charge on any atom is 0.387 e. The Morgan fingerprint density at radius 3 is 2.44 bits per heavy atom. The highest BCUT2D eigenvalue weighted by Gasteiger charge is 2.16. The summed E-state index contributed by atoms with van der Waals surface area (Å²) in [5.74, 6) is -1.15. The molecule has 2 rings (SSSR count). The standard InChI is InChI=1S/C18H17ClF2N2O4/c1-23(9-11-2-5-13(6-3-11)27-18(20)21)16(24)10-26-17(25)14-7-4-12(19)8-15(14)22/h2-8,18H,9-10,22H2,1H3. The first-order chi connectivity index (χ1) is 12.8. The largest absolute Gasteiger partial charge is 0.452 e. The quantitative estimate of drug-likeness (QED) is 0.571. The molecule has 0 fully saturated rings. The molecule has 0 spiro atoms. The molecule has 0 heterocycles. The maximum atomic E-state index is 12.1. The smallest absolute Gasteiger partial charge is 0.387 e. The van der Waals surface area contributed by atoms with E-state index < -0.39 is 25.1 Å². The minimum atomic E-state index is -2.90. The van der Waals surface area contributed by atoms with E-state index in [1.807, 2.05) is 0 Å². The number of halogens is 3. The Kier molecular flexibility index (Phi) is 6.95. The molecule has 0 aliphatic rings. The fraction of sp³-hybridized carbons (Fsp3) is 0.222. The SMILES string of the molecule is CN(Cc1ccc(OC(F)F)cc1)C(=O)COC(=O)c1ccc(Cl)cc1N. The van der Waals surface area contributed by atoms with Crippen LogP contribution in [0.15, 0.2) is 42.5 Å². The highest BCUT2D eigenvalue weighted by Crippen LogP contribution is 2.19. The van der Waals surface area contributed by atoms with Crippen LogP contribution < -0.4 is 10.5 Å². The fourth-order valence-electron chi connectivity index (χ4n) is 2.17. The molecule has 0 bridgehead atoms. The first-order valence-corrected chi connectivity index (χ1v) is 8.14. The summed E-state index contributed by atoms with van der Waals surface area (Å²) in [5, 5.41) is 0.379. The molecule has 2 N–H and O–H groups in total. The Labute approximate surface area is 159 Å². The van der Waals surface area contributed by atoms with Crippen molar-refractivity contribution in [3.8, 4) is 5.75 Å². The molecule has 1 amide bonds. The number of ether oxygens (including phenoxy) is 2. The van der Waals surface area contributed by atoms with Crippen LogP contribution >= 0.6 is 11.6 Å². The van der Waals surface area contributed by atoms with Gasteiger partial charge in [-0.25, -0.2) is 4.79 Å². The van der Waals surface area contributed by atoms with Crippen LogP contribution in [0.5, 0.6) is 5.75 Å². The lowest BCUT2D eigenvalue weighted by molar-refractivity contribution is -0.133. The summed E-state index contributed by atoms with van der Waals surface area (Å²) in [6.07, 6.45) is 0. The lowest BCUT2D eigenvalue weighted by Crippen LogP contribution is -2.30. The zero-order valence-corrected chi connectivity index (χ0v) is 15.1. The third kappa shape index (κ3) is 6.10. The molecule has 0 saturated heterocycles. The Hall–Kier alpha value is -2.87. The van der Waals surface area contributed by atoms with Gasteiger partial charge in [-0.2, -0.15) is 8.78 Å². The summed E-state index contributed by atoms with van der Waals surface area (Å²) in [6, 6.07) is 10.2. The molecule has 9 heteroatoms. The normalized spacial score (nSPS) is 10.6. The van der Waals surface area contributed by atoms with E-state index in [2.05, 4.69) is 4.74 Å². The van der Waals surface area contributed by atoms with E-state index in [4.69, 9.17) is 22.1 Å². The van der Waals surface area contributed by atoms with Crippen molar-refractivity contribution >= 4 is 29.2 Å². The van der Waals surface area contributed by atoms with Gasteiger partial charge in [0.15, 0.2) is 6.61 Å². The van der Waals surface area contributed by atoms with Crippen LogP contribution in [-0.2, 0) is 16.1 Å². The molecule has 2 aromatic rings. The molecule has 0 aromatic heterocycles. The number of likely N-dealkylation sites (N-methyl/N-ethyl adjacent to an activating group) is 1. The van der Waals surface area contributed by atoms with Crippen LogP contribution in [0.2, 0.25) is 5.02 Å². The summed E-state index contributed by atoms with van der Waals surface area (Å²) >= 11 is 5.76. The van der Waals surface area contributed by atoms with E-state index in [0.717, 1.165) is 0 Å². The number of alkyl halides is 2. The van der Waals surface area contributed by atoms with Gasteiger partial charge in [0.2, 0.25) is 0 Å². The van der Waals surface area contributed by atoms with Gasteiger partial charge in [-0.3, -0.25) is 4.79 Å². The number of carbonyl (C=O) groups excluding carboxylic acids is 2. The minimum absolute atomic E-state index is 0.0252. The number of anilines is 1. The average molecular weight is 399 g/mol. The van der Waals surface area contributed by atoms with Crippen molar-refractivity contribution in [2.75, 3.05) is 19.4 Å². The van der Waals surface area contributed by atoms with E-state index in [9.17, 15) is 18.4 Å². The number of hydrogen-bond acceptors (Lipinski definition) is 5. The van der Waals surface area contributed by atoms with Gasteiger partial charge in [-0.15, -0.1) is 0 Å². The van der Waals surface area contributed by atoms with E-state index in [0.29, 0.717) is 10.6 Å². The maximum absolute atomic E-state index is 12.1. The predicted molar refractivity (Wildman–Crippen MR) is 95.7 cm³/mol. The summed E-state index contributed by atoms with van der Waals surface area (Å²) in [5.41, 5.74) is 6.66. The van der Waals surface area contributed by atoms with Crippen LogP contribution in [0.4, 0.5) is 14.5 Å². The highest BCUT2D eigenvalue weighted by atomic mass is 35.5. The summed E-state index contributed by atoms with van der Waals surface area (Å²) in [4.78, 5) is 25.4. The van der Waals surface area contributed by atoms with E-state index in [1.54, 1.807) is 12.1 Å². The van der Waals surface area contributed by atoms with Crippen LogP contribution in [-0.4, -0.2) is 37.0 Å². The molecule has 0 radical (unpaired) electrons. The number of benzene rings is 2. The van der Waals surface area contributed by atoms with Crippen molar-refractivity contribution in [3.05, 3.63) is 58.6 Å². The predicted octanol–water partition coefficient (Wildman–Crippen LogP) is 3.34. The van der Waals surface area contributed by atoms with Crippen molar-refractivity contribution in [1.29, 1.82) is 0 Å². The number of esters is 1. The van der Waals surface area contributed by atoms with Crippen molar-refractivity contribution < 1.29 is 27.8 Å². The molecular weight excluding hydrogens is 382 g/mol. The second-order valence-electron chi connectivity index (χ2n) is 5.58. The second kappa shape index (κ2) is 9.18. The van der Waals surface area contributed by atoms with Crippen LogP contribution in [0.25, 0.3) is 0 Å². The van der Waals surface area contributed by atoms with Gasteiger partial charge in [-0.05, 0) is 35.9 Å². The van der Waals surface area contributed by atoms with E-state index in [1.165, 1.54) is 42.3 Å². The lowest BCUT2D eigenvalue weighted by Gasteiger charge is -2.17. The number of rotatable bonds is 7. The monoisotopic (exact) mass is 398 g/mol. The number of carbonyl (C=O) groups is 2. The molecular formula is C18H17ClF2N2O4. The zero-order chi connectivity index (χ0) is 20.0. The van der Waals surface area contributed by atoms with Crippen molar-refractivity contribution in [2.24, 2.45) is 0 Å². The summed E-state index contributed by atoms with van der Waals surface area (Å²) in [7, 11) is 1.52. The van der Waals surface area contributed by atoms with Gasteiger partial charge < -0.3 is 20.1 Å². The summed E-state index contributed by atoms with van der Waals surface area (Å²) in [6.45, 7) is -3.16. The van der Waals surface area contributed by atoms with E-state index in [-0.39, 0.29) is 23.5 Å². The van der Waals surface area contributed by atoms with Gasteiger partial charge in [0, 0.05) is 24.3 Å². The number of nitrogens with zero attached hydrogens (tertiary/aromatic N) is 1. The van der Waals surface area contributed by atoms with E-state index >= 15 is 0 Å². The average Bonchev–Trinajstić information content (AvgIpc) is 2.60. The highest BCUT2D eigenvalue weighted by molar-refractivity contribution is 6.31. The topological polar surface area (TPSA) is 81.9 Å². The van der Waals surface area contributed by atoms with Gasteiger partial charge in [-0.1, -0.05) is 23.7 Å². The molecule has 2 aromatic carbocycles. The fourth-order valence-corrected chi connectivity index (χ4v) is 2.35. The van der Waals surface area contributed by atoms with Crippen LogP contribution in [0, 0.1) is 0 Å². The third-order valence-electron chi connectivity index (χ3n) is 3.55. The minimum Gasteiger partial charge on any atom is -0.452 e. The molecule has 144 valence electrons. The Balaban J connectivity index is 1.87. The number of hydrogen-bond donors (Lipinski definition) is 1. The molecule has 0 atom stereocenters. The molecule has 0 aliphatic heterocycles. The van der Waals surface area contributed by atoms with Crippen LogP contribution in [0.1, 0.15) is 15.9 Å². The third-order valence-corrected chi connectivity index (χ3v) is 3.79. The van der Waals surface area contributed by atoms with Gasteiger partial charge in [0.25, 0.3) is 5.91 Å². The molecule has 6 nitrogen and oxygen atoms in total. The first-order valence-electron chi connectivity index (χ1n) is 7.76. The van der Waals surface area contributed by atoms with Crippen molar-refractivity contribution in [3.63, 3.8) is 0 Å². The van der Waals surface area contributed by atoms with Gasteiger partial charge in [0.1, 0.15) is 5.75 Å².